The summed E-state index contributed by atoms with van der Waals surface area (Å²) in [5.41, 5.74) is 0. The first-order valence-corrected chi connectivity index (χ1v) is 4.28. The molecule has 6 nitrogen and oxygen atoms in total. The lowest BCUT2D eigenvalue weighted by atomic mass is 10.3. The highest BCUT2D eigenvalue weighted by Gasteiger charge is 2.14. The van der Waals surface area contributed by atoms with Crippen molar-refractivity contribution in [1.82, 2.24) is 10.2 Å². The van der Waals surface area contributed by atoms with Gasteiger partial charge in [0, 0.05) is 6.54 Å². The van der Waals surface area contributed by atoms with E-state index in [1.807, 2.05) is 6.92 Å². The van der Waals surface area contributed by atoms with Crippen LogP contribution in [0.3, 0.4) is 0 Å². The first-order chi connectivity index (χ1) is 6.61. The second-order valence-corrected chi connectivity index (χ2v) is 2.71. The van der Waals surface area contributed by atoms with Crippen LogP contribution in [-0.2, 0) is 14.4 Å². The number of hydrogen-bond acceptors (Lipinski definition) is 3. The lowest BCUT2D eigenvalue weighted by molar-refractivity contribution is -0.144. The predicted molar refractivity (Wildman–Crippen MR) is 48.6 cm³/mol. The number of carboxylic acid groups (broad SMARTS) is 1. The van der Waals surface area contributed by atoms with E-state index >= 15 is 0 Å². The standard InChI is InChI=1S/C8H14N2O4/c1-2-3-10(5-8(13)14)7(12)4-9-6-11/h6H,2-5H2,1H3,(H,9,11)(H,13,14). The lowest BCUT2D eigenvalue weighted by Crippen LogP contribution is -2.41. The van der Waals surface area contributed by atoms with E-state index in [9.17, 15) is 14.4 Å². The van der Waals surface area contributed by atoms with Crippen LogP contribution >= 0.6 is 0 Å². The van der Waals surface area contributed by atoms with Crippen molar-refractivity contribution in [2.45, 2.75) is 13.3 Å². The average molecular weight is 202 g/mol. The van der Waals surface area contributed by atoms with E-state index in [2.05, 4.69) is 5.32 Å². The Kier molecular flexibility index (Phi) is 6.09. The number of nitrogens with one attached hydrogen (secondary N) is 1. The molecule has 0 atom stereocenters. The Balaban J connectivity index is 4.09. The van der Waals surface area contributed by atoms with E-state index in [1.165, 1.54) is 4.90 Å². The van der Waals surface area contributed by atoms with Crippen LogP contribution in [0.15, 0.2) is 0 Å². The van der Waals surface area contributed by atoms with Crippen LogP contribution in [0.5, 0.6) is 0 Å². The molecule has 0 unspecified atom stereocenters. The van der Waals surface area contributed by atoms with E-state index in [1.54, 1.807) is 0 Å². The smallest absolute Gasteiger partial charge is 0.323 e. The summed E-state index contributed by atoms with van der Waals surface area (Å²) in [7, 11) is 0. The van der Waals surface area contributed by atoms with Gasteiger partial charge in [-0.3, -0.25) is 14.4 Å². The number of amides is 2. The van der Waals surface area contributed by atoms with E-state index in [0.29, 0.717) is 19.4 Å². The van der Waals surface area contributed by atoms with Crippen molar-refractivity contribution in [1.29, 1.82) is 0 Å². The summed E-state index contributed by atoms with van der Waals surface area (Å²) in [6.45, 7) is 1.74. The van der Waals surface area contributed by atoms with Crippen molar-refractivity contribution in [3.63, 3.8) is 0 Å². The molecule has 2 amide bonds. The molecule has 0 aliphatic heterocycles. The number of carbonyl (C=O) groups is 3. The molecular weight excluding hydrogens is 188 g/mol. The number of nitrogens with zero attached hydrogens (tertiary/aromatic N) is 1. The second-order valence-electron chi connectivity index (χ2n) is 2.71. The van der Waals surface area contributed by atoms with E-state index in [0.717, 1.165) is 0 Å². The third-order valence-electron chi connectivity index (χ3n) is 1.51. The molecule has 0 saturated heterocycles. The van der Waals surface area contributed by atoms with Crippen molar-refractivity contribution < 1.29 is 19.5 Å². The quantitative estimate of drug-likeness (QED) is 0.521. The fourth-order valence-electron chi connectivity index (χ4n) is 0.966. The molecule has 0 aromatic heterocycles. The first kappa shape index (κ1) is 12.4. The molecular formula is C8H14N2O4. The van der Waals surface area contributed by atoms with Gasteiger partial charge in [0.25, 0.3) is 0 Å². The molecule has 0 heterocycles. The highest BCUT2D eigenvalue weighted by Crippen LogP contribution is 1.92. The Hall–Kier alpha value is -1.59. The molecule has 0 bridgehead atoms. The summed E-state index contributed by atoms with van der Waals surface area (Å²) in [6.07, 6.45) is 1.09. The summed E-state index contributed by atoms with van der Waals surface area (Å²) in [4.78, 5) is 32.8. The number of carbonyl (C=O) groups excluding carboxylic acids is 2. The van der Waals surface area contributed by atoms with Crippen molar-refractivity contribution in [3.8, 4) is 0 Å². The van der Waals surface area contributed by atoms with Gasteiger partial charge in [-0.2, -0.15) is 0 Å². The van der Waals surface area contributed by atoms with Gasteiger partial charge < -0.3 is 15.3 Å². The van der Waals surface area contributed by atoms with Gasteiger partial charge in [-0.1, -0.05) is 6.92 Å². The zero-order valence-electron chi connectivity index (χ0n) is 8.02. The molecule has 0 rings (SSSR count). The largest absolute Gasteiger partial charge is 0.480 e. The third kappa shape index (κ3) is 5.13. The molecule has 0 spiro atoms. The maximum absolute atomic E-state index is 11.3. The Bertz CT molecular complexity index is 217. The van der Waals surface area contributed by atoms with Gasteiger partial charge in [-0.25, -0.2) is 0 Å². The normalized spacial score (nSPS) is 9.21. The van der Waals surface area contributed by atoms with Crippen molar-refractivity contribution in [2.24, 2.45) is 0 Å². The van der Waals surface area contributed by atoms with E-state index in [4.69, 9.17) is 5.11 Å². The number of carboxylic acids is 1. The van der Waals surface area contributed by atoms with Crippen LogP contribution in [0.2, 0.25) is 0 Å². The lowest BCUT2D eigenvalue weighted by Gasteiger charge is -2.19. The molecule has 0 fully saturated rings. The molecule has 6 heteroatoms. The van der Waals surface area contributed by atoms with Crippen molar-refractivity contribution >= 4 is 18.3 Å². The predicted octanol–water partition coefficient (Wildman–Crippen LogP) is -0.944. The van der Waals surface area contributed by atoms with Gasteiger partial charge in [0.1, 0.15) is 6.54 Å². The van der Waals surface area contributed by atoms with Gasteiger partial charge in [0.2, 0.25) is 12.3 Å². The van der Waals surface area contributed by atoms with Crippen LogP contribution < -0.4 is 5.32 Å². The van der Waals surface area contributed by atoms with Gasteiger partial charge in [0.05, 0.1) is 6.54 Å². The minimum absolute atomic E-state index is 0.156. The van der Waals surface area contributed by atoms with Gasteiger partial charge in [-0.15, -0.1) is 0 Å². The summed E-state index contributed by atoms with van der Waals surface area (Å²) >= 11 is 0. The van der Waals surface area contributed by atoms with Crippen LogP contribution in [0, 0.1) is 0 Å². The number of rotatable bonds is 7. The minimum atomic E-state index is -1.06. The molecule has 14 heavy (non-hydrogen) atoms. The van der Waals surface area contributed by atoms with E-state index in [-0.39, 0.29) is 19.0 Å². The average Bonchev–Trinajstić information content (AvgIpc) is 2.13. The maximum atomic E-state index is 11.3. The summed E-state index contributed by atoms with van der Waals surface area (Å²) < 4.78 is 0. The number of aliphatic carboxylic acids is 1. The molecule has 0 radical (unpaired) electrons. The Morgan fingerprint density at radius 2 is 2.14 bits per heavy atom. The van der Waals surface area contributed by atoms with Crippen LogP contribution in [0.4, 0.5) is 0 Å². The Morgan fingerprint density at radius 1 is 1.50 bits per heavy atom. The zero-order chi connectivity index (χ0) is 11.0. The molecule has 0 aromatic carbocycles. The number of hydrogen-bond donors (Lipinski definition) is 2. The van der Waals surface area contributed by atoms with Gasteiger partial charge in [-0.05, 0) is 6.42 Å². The Morgan fingerprint density at radius 3 is 2.57 bits per heavy atom. The highest BCUT2D eigenvalue weighted by atomic mass is 16.4. The third-order valence-corrected chi connectivity index (χ3v) is 1.51. The molecule has 0 aromatic rings. The highest BCUT2D eigenvalue weighted by molar-refractivity contribution is 5.83. The molecule has 0 aliphatic rings. The maximum Gasteiger partial charge on any atom is 0.323 e. The fourth-order valence-corrected chi connectivity index (χ4v) is 0.966. The fraction of sp³-hybridized carbons (Fsp3) is 0.625. The summed E-state index contributed by atoms with van der Waals surface area (Å²) in [6, 6.07) is 0. The summed E-state index contributed by atoms with van der Waals surface area (Å²) in [5.74, 6) is -1.45. The zero-order valence-corrected chi connectivity index (χ0v) is 8.02. The van der Waals surface area contributed by atoms with E-state index < -0.39 is 5.97 Å². The molecule has 0 saturated carbocycles. The molecule has 0 aliphatic carbocycles. The van der Waals surface area contributed by atoms with Gasteiger partial charge in [0.15, 0.2) is 0 Å². The summed E-state index contributed by atoms with van der Waals surface area (Å²) in [5, 5.41) is 10.7. The molecule has 2 N–H and O–H groups in total. The minimum Gasteiger partial charge on any atom is -0.480 e. The van der Waals surface area contributed by atoms with Crippen molar-refractivity contribution in [3.05, 3.63) is 0 Å². The van der Waals surface area contributed by atoms with Crippen LogP contribution in [0.1, 0.15) is 13.3 Å². The monoisotopic (exact) mass is 202 g/mol. The first-order valence-electron chi connectivity index (χ1n) is 4.28. The second kappa shape index (κ2) is 6.88. The SMILES string of the molecule is CCCN(CC(=O)O)C(=O)CNC=O. The Labute approximate surface area is 81.9 Å². The topological polar surface area (TPSA) is 86.7 Å². The molecule has 80 valence electrons. The van der Waals surface area contributed by atoms with Crippen molar-refractivity contribution in [2.75, 3.05) is 19.6 Å². The van der Waals surface area contributed by atoms with Crippen LogP contribution in [-0.4, -0.2) is 47.9 Å². The van der Waals surface area contributed by atoms with Gasteiger partial charge >= 0.3 is 5.97 Å². The van der Waals surface area contributed by atoms with Crippen LogP contribution in [0.25, 0.3) is 0 Å².